The second-order valence-corrected chi connectivity index (χ2v) is 9.61. The Bertz CT molecular complexity index is 397. The maximum absolute atomic E-state index is 11.3. The van der Waals surface area contributed by atoms with Gasteiger partial charge < -0.3 is 10.2 Å². The molecule has 0 aromatic rings. The number of fused-ring (bicyclic) bond motifs is 1. The molecule has 0 saturated heterocycles. The lowest BCUT2D eigenvalue weighted by molar-refractivity contribution is -0.0492. The summed E-state index contributed by atoms with van der Waals surface area (Å²) in [6.07, 6.45) is 18.0. The normalized spacial score (nSPS) is 45.8. The standard InChI is InChI=1S/C22H38O2/c23-21-18(15-8-3-1-4-9-15)13-7-12-17-14-19(22(24)20(17)21)16-10-5-2-6-11-16/h15-24H,1-14H2/t17?,18-,19-,20?,21?,22?/m1/s1. The van der Waals surface area contributed by atoms with Crippen LogP contribution in [0.25, 0.3) is 0 Å². The summed E-state index contributed by atoms with van der Waals surface area (Å²) in [5.74, 6) is 3.21. The molecular weight excluding hydrogens is 296 g/mol. The Morgan fingerprint density at radius 2 is 0.958 bits per heavy atom. The second-order valence-electron chi connectivity index (χ2n) is 9.61. The minimum absolute atomic E-state index is 0.186. The van der Waals surface area contributed by atoms with Crippen molar-refractivity contribution >= 4 is 0 Å². The van der Waals surface area contributed by atoms with Gasteiger partial charge in [-0.1, -0.05) is 70.6 Å². The van der Waals surface area contributed by atoms with Gasteiger partial charge >= 0.3 is 0 Å². The first-order valence-electron chi connectivity index (χ1n) is 11.1. The van der Waals surface area contributed by atoms with Crippen molar-refractivity contribution in [2.24, 2.45) is 35.5 Å². The Morgan fingerprint density at radius 1 is 0.458 bits per heavy atom. The van der Waals surface area contributed by atoms with E-state index in [2.05, 4.69) is 0 Å². The smallest absolute Gasteiger partial charge is 0.0626 e. The number of rotatable bonds is 2. The highest BCUT2D eigenvalue weighted by molar-refractivity contribution is 5.01. The zero-order chi connectivity index (χ0) is 16.5. The van der Waals surface area contributed by atoms with Crippen LogP contribution in [0.3, 0.4) is 0 Å². The van der Waals surface area contributed by atoms with Gasteiger partial charge in [-0.25, -0.2) is 0 Å². The summed E-state index contributed by atoms with van der Waals surface area (Å²) in [5.41, 5.74) is 0. The Kier molecular flexibility index (Phi) is 5.53. The van der Waals surface area contributed by atoms with Gasteiger partial charge in [0.15, 0.2) is 0 Å². The van der Waals surface area contributed by atoms with Gasteiger partial charge in [0, 0.05) is 5.92 Å². The third-order valence-corrected chi connectivity index (χ3v) is 8.41. The van der Waals surface area contributed by atoms with Gasteiger partial charge in [-0.3, -0.25) is 0 Å². The summed E-state index contributed by atoms with van der Waals surface area (Å²) < 4.78 is 0. The minimum atomic E-state index is -0.232. The first-order valence-corrected chi connectivity index (χ1v) is 11.1. The summed E-state index contributed by atoms with van der Waals surface area (Å²) in [6, 6.07) is 0. The number of hydrogen-bond donors (Lipinski definition) is 2. The van der Waals surface area contributed by atoms with Crippen LogP contribution >= 0.6 is 0 Å². The molecule has 2 nitrogen and oxygen atoms in total. The zero-order valence-corrected chi connectivity index (χ0v) is 15.4. The van der Waals surface area contributed by atoms with E-state index in [4.69, 9.17) is 0 Å². The quantitative estimate of drug-likeness (QED) is 0.752. The molecule has 0 aliphatic heterocycles. The van der Waals surface area contributed by atoms with Crippen molar-refractivity contribution in [3.8, 4) is 0 Å². The van der Waals surface area contributed by atoms with E-state index in [0.29, 0.717) is 17.8 Å². The average molecular weight is 335 g/mol. The predicted octanol–water partition coefficient (Wildman–Crippen LogP) is 4.92. The molecule has 24 heavy (non-hydrogen) atoms. The van der Waals surface area contributed by atoms with Crippen molar-refractivity contribution in [2.45, 2.75) is 102 Å². The van der Waals surface area contributed by atoms with Crippen LogP contribution in [0.2, 0.25) is 0 Å². The Balaban J connectivity index is 1.48. The van der Waals surface area contributed by atoms with E-state index < -0.39 is 0 Å². The van der Waals surface area contributed by atoms with Crippen molar-refractivity contribution in [3.63, 3.8) is 0 Å². The average Bonchev–Trinajstić information content (AvgIpc) is 2.86. The number of hydrogen-bond acceptors (Lipinski definition) is 2. The van der Waals surface area contributed by atoms with Crippen molar-refractivity contribution in [3.05, 3.63) is 0 Å². The topological polar surface area (TPSA) is 40.5 Å². The van der Waals surface area contributed by atoms with Crippen LogP contribution in [0.5, 0.6) is 0 Å². The van der Waals surface area contributed by atoms with E-state index in [1.807, 2.05) is 0 Å². The third kappa shape index (κ3) is 3.30. The fourth-order valence-electron chi connectivity index (χ4n) is 7.18. The summed E-state index contributed by atoms with van der Waals surface area (Å²) in [6.45, 7) is 0. The van der Waals surface area contributed by atoms with Gasteiger partial charge in [-0.05, 0) is 48.9 Å². The molecule has 0 amide bonds. The van der Waals surface area contributed by atoms with E-state index in [-0.39, 0.29) is 18.1 Å². The predicted molar refractivity (Wildman–Crippen MR) is 97.6 cm³/mol. The highest BCUT2D eigenvalue weighted by Gasteiger charge is 2.51. The van der Waals surface area contributed by atoms with Gasteiger partial charge in [0.05, 0.1) is 12.2 Å². The molecule has 0 aromatic heterocycles. The minimum Gasteiger partial charge on any atom is -0.392 e. The van der Waals surface area contributed by atoms with E-state index in [9.17, 15) is 10.2 Å². The molecular formula is C22H38O2. The van der Waals surface area contributed by atoms with Crippen molar-refractivity contribution < 1.29 is 10.2 Å². The molecule has 0 aromatic carbocycles. The lowest BCUT2D eigenvalue weighted by atomic mass is 9.72. The highest BCUT2D eigenvalue weighted by Crippen LogP contribution is 2.52. The van der Waals surface area contributed by atoms with Gasteiger partial charge in [0.25, 0.3) is 0 Å². The molecule has 4 aliphatic carbocycles. The van der Waals surface area contributed by atoms with Crippen LogP contribution < -0.4 is 0 Å². The maximum atomic E-state index is 11.3. The fraction of sp³-hybridized carbons (Fsp3) is 1.00. The molecule has 4 saturated carbocycles. The lowest BCUT2D eigenvalue weighted by Gasteiger charge is -2.37. The molecule has 2 N–H and O–H groups in total. The summed E-state index contributed by atoms with van der Waals surface area (Å²) in [7, 11) is 0. The fourth-order valence-corrected chi connectivity index (χ4v) is 7.18. The molecule has 0 spiro atoms. The van der Waals surface area contributed by atoms with Crippen LogP contribution in [-0.2, 0) is 0 Å². The summed E-state index contributed by atoms with van der Waals surface area (Å²) >= 11 is 0. The molecule has 138 valence electrons. The van der Waals surface area contributed by atoms with E-state index >= 15 is 0 Å². The van der Waals surface area contributed by atoms with Gasteiger partial charge in [-0.2, -0.15) is 0 Å². The molecule has 4 unspecified atom stereocenters. The van der Waals surface area contributed by atoms with Crippen LogP contribution in [0.4, 0.5) is 0 Å². The second kappa shape index (κ2) is 7.66. The summed E-state index contributed by atoms with van der Waals surface area (Å²) in [5, 5.41) is 22.5. The summed E-state index contributed by atoms with van der Waals surface area (Å²) in [4.78, 5) is 0. The highest BCUT2D eigenvalue weighted by atomic mass is 16.3. The molecule has 4 aliphatic rings. The van der Waals surface area contributed by atoms with Gasteiger partial charge in [0.2, 0.25) is 0 Å². The van der Waals surface area contributed by atoms with Crippen LogP contribution in [0.15, 0.2) is 0 Å². The largest absolute Gasteiger partial charge is 0.392 e. The molecule has 4 rings (SSSR count). The van der Waals surface area contributed by atoms with E-state index in [0.717, 1.165) is 11.8 Å². The molecule has 0 radical (unpaired) electrons. The van der Waals surface area contributed by atoms with E-state index in [1.54, 1.807) is 0 Å². The molecule has 2 heteroatoms. The first kappa shape index (κ1) is 17.3. The Morgan fingerprint density at radius 3 is 1.58 bits per heavy atom. The Labute approximate surface area is 148 Å². The van der Waals surface area contributed by atoms with Gasteiger partial charge in [-0.15, -0.1) is 0 Å². The zero-order valence-electron chi connectivity index (χ0n) is 15.4. The monoisotopic (exact) mass is 334 g/mol. The molecule has 4 fully saturated rings. The van der Waals surface area contributed by atoms with Crippen molar-refractivity contribution in [1.29, 1.82) is 0 Å². The molecule has 0 heterocycles. The lowest BCUT2D eigenvalue weighted by Crippen LogP contribution is -2.41. The maximum Gasteiger partial charge on any atom is 0.0626 e. The number of aliphatic hydroxyl groups is 2. The van der Waals surface area contributed by atoms with Crippen LogP contribution in [0.1, 0.15) is 89.9 Å². The van der Waals surface area contributed by atoms with Crippen molar-refractivity contribution in [2.75, 3.05) is 0 Å². The molecule has 6 atom stereocenters. The Hall–Kier alpha value is -0.0800. The SMILES string of the molecule is OC1C2C(CCC[C@@H]1C1CCCCC1)C[C@H](C1CCCCC1)C2O. The van der Waals surface area contributed by atoms with Crippen LogP contribution in [-0.4, -0.2) is 22.4 Å². The van der Waals surface area contributed by atoms with Crippen molar-refractivity contribution in [1.82, 2.24) is 0 Å². The number of aliphatic hydroxyl groups excluding tert-OH is 2. The molecule has 0 bridgehead atoms. The van der Waals surface area contributed by atoms with E-state index in [1.165, 1.54) is 89.9 Å². The third-order valence-electron chi connectivity index (χ3n) is 8.41. The first-order chi connectivity index (χ1) is 11.8. The van der Waals surface area contributed by atoms with Gasteiger partial charge in [0.1, 0.15) is 0 Å². The van der Waals surface area contributed by atoms with Crippen LogP contribution in [0, 0.1) is 35.5 Å².